The van der Waals surface area contributed by atoms with Gasteiger partial charge in [-0.3, -0.25) is 4.90 Å². The molecule has 1 aromatic carbocycles. The highest BCUT2D eigenvalue weighted by Crippen LogP contribution is 2.51. The largest absolute Gasteiger partial charge is 0.491 e. The summed E-state index contributed by atoms with van der Waals surface area (Å²) in [6.07, 6.45) is -1.26. The summed E-state index contributed by atoms with van der Waals surface area (Å²) in [6, 6.07) is 0.938. The fourth-order valence-corrected chi connectivity index (χ4v) is 8.17. The molecule has 3 fully saturated rings. The summed E-state index contributed by atoms with van der Waals surface area (Å²) in [4.78, 5) is 17.0. The number of hydrogen-bond acceptors (Lipinski definition) is 8. The number of benzene rings is 1. The molecule has 0 spiro atoms. The number of aromatic nitrogens is 3. The Kier molecular flexibility index (Phi) is 7.00. The summed E-state index contributed by atoms with van der Waals surface area (Å²) in [7, 11) is 1.84. The van der Waals surface area contributed by atoms with E-state index in [4.69, 9.17) is 31.8 Å². The zero-order valence-electron chi connectivity index (χ0n) is 24.3. The van der Waals surface area contributed by atoms with Crippen molar-refractivity contribution in [2.24, 2.45) is 5.92 Å². The molecule has 44 heavy (non-hydrogen) atoms. The van der Waals surface area contributed by atoms with E-state index in [1.165, 1.54) is 6.92 Å². The second kappa shape index (κ2) is 10.4. The molecule has 2 unspecified atom stereocenters. The van der Waals surface area contributed by atoms with Crippen LogP contribution < -0.4 is 20.1 Å². The molecule has 14 heteroatoms. The van der Waals surface area contributed by atoms with E-state index in [0.717, 1.165) is 44.7 Å². The molecule has 0 amide bonds. The Morgan fingerprint density at radius 1 is 1.20 bits per heavy atom. The lowest BCUT2D eigenvalue weighted by Gasteiger charge is -2.35. The van der Waals surface area contributed by atoms with Crippen molar-refractivity contribution in [2.45, 2.75) is 69.4 Å². The predicted molar refractivity (Wildman–Crippen MR) is 155 cm³/mol. The van der Waals surface area contributed by atoms with Gasteiger partial charge >= 0.3 is 12.2 Å². The molecule has 5 heterocycles. The van der Waals surface area contributed by atoms with Crippen molar-refractivity contribution in [3.63, 3.8) is 0 Å². The van der Waals surface area contributed by atoms with E-state index in [1.54, 1.807) is 0 Å². The molecule has 1 saturated carbocycles. The van der Waals surface area contributed by atoms with Gasteiger partial charge in [0.15, 0.2) is 11.6 Å². The molecular weight excluding hydrogens is 607 g/mol. The van der Waals surface area contributed by atoms with Crippen LogP contribution in [0.5, 0.6) is 11.8 Å². The summed E-state index contributed by atoms with van der Waals surface area (Å²) in [6.45, 7) is 2.62. The van der Waals surface area contributed by atoms with Crippen LogP contribution in [0.15, 0.2) is 6.07 Å². The van der Waals surface area contributed by atoms with Crippen LogP contribution in [-0.2, 0) is 6.18 Å². The number of alkyl halides is 4. The third kappa shape index (κ3) is 4.60. The number of nitrogen functional groups attached to an aromatic ring is 1. The van der Waals surface area contributed by atoms with Gasteiger partial charge in [0.2, 0.25) is 0 Å². The van der Waals surface area contributed by atoms with E-state index in [9.17, 15) is 17.6 Å². The van der Waals surface area contributed by atoms with Crippen molar-refractivity contribution in [2.75, 3.05) is 44.0 Å². The summed E-state index contributed by atoms with van der Waals surface area (Å²) in [5.41, 5.74) is 2.27. The van der Waals surface area contributed by atoms with Crippen LogP contribution in [0.1, 0.15) is 49.7 Å². The quantitative estimate of drug-likeness (QED) is 0.331. The lowest BCUT2D eigenvalue weighted by molar-refractivity contribution is -0.137. The first-order valence-corrected chi connectivity index (χ1v) is 15.2. The van der Waals surface area contributed by atoms with Crippen LogP contribution in [0.4, 0.5) is 33.6 Å². The monoisotopic (exact) mass is 638 g/mol. The highest BCUT2D eigenvalue weighted by Gasteiger charge is 2.49. The Morgan fingerprint density at radius 2 is 2.00 bits per heavy atom. The van der Waals surface area contributed by atoms with Crippen LogP contribution in [0, 0.1) is 18.7 Å². The Balaban J connectivity index is 1.45. The molecule has 3 aliphatic heterocycles. The first-order chi connectivity index (χ1) is 20.9. The standard InChI is InChI=1S/C30H32ClF5N6O2/c1-14-9-18(37)38-24(21(14)30(34,35)36)19-22(31)26-20-25(23(19)33)39-28(44-13-29-7-4-8-42(29)11-16(32)10-29)40-27(20)41(2)17-6-3-5-15(17)12-43-26/h9,15-17H,3-8,10-13H2,1-2H3,(H2,37,38)/t15?,16-,17?,29+/m1/s1. The van der Waals surface area contributed by atoms with Crippen LogP contribution >= 0.6 is 11.6 Å². The number of nitrogens with two attached hydrogens (primary N) is 1. The lowest BCUT2D eigenvalue weighted by Crippen LogP contribution is -2.43. The van der Waals surface area contributed by atoms with Gasteiger partial charge < -0.3 is 20.1 Å². The zero-order valence-corrected chi connectivity index (χ0v) is 25.0. The van der Waals surface area contributed by atoms with Gasteiger partial charge in [-0.25, -0.2) is 13.8 Å². The number of hydrogen-bond donors (Lipinski definition) is 1. The number of nitrogens with zero attached hydrogens (tertiary/aromatic N) is 5. The van der Waals surface area contributed by atoms with Crippen molar-refractivity contribution >= 4 is 34.1 Å². The second-order valence-corrected chi connectivity index (χ2v) is 12.9. The maximum Gasteiger partial charge on any atom is 0.418 e. The van der Waals surface area contributed by atoms with Gasteiger partial charge in [0.25, 0.3) is 0 Å². The van der Waals surface area contributed by atoms with Crippen molar-refractivity contribution in [1.82, 2.24) is 19.9 Å². The summed E-state index contributed by atoms with van der Waals surface area (Å²) >= 11 is 6.78. The van der Waals surface area contributed by atoms with E-state index >= 15 is 4.39 Å². The molecule has 0 radical (unpaired) electrons. The van der Waals surface area contributed by atoms with E-state index in [0.29, 0.717) is 18.8 Å². The van der Waals surface area contributed by atoms with Crippen molar-refractivity contribution < 1.29 is 31.4 Å². The van der Waals surface area contributed by atoms with Crippen molar-refractivity contribution in [3.05, 3.63) is 28.0 Å². The first kappa shape index (κ1) is 29.5. The number of halogens is 6. The summed E-state index contributed by atoms with van der Waals surface area (Å²) in [5, 5.41) is -0.238. The van der Waals surface area contributed by atoms with E-state index in [2.05, 4.69) is 14.9 Å². The Hall–Kier alpha value is -3.19. The molecule has 2 N–H and O–H groups in total. The molecule has 4 atom stereocenters. The molecule has 2 saturated heterocycles. The minimum Gasteiger partial charge on any atom is -0.491 e. The number of fused-ring (bicyclic) bond motifs is 2. The Labute approximate surface area is 255 Å². The molecule has 4 aliphatic rings. The van der Waals surface area contributed by atoms with Gasteiger partial charge in [-0.1, -0.05) is 18.0 Å². The fourth-order valence-electron chi connectivity index (χ4n) is 7.85. The van der Waals surface area contributed by atoms with Crippen LogP contribution in [0.25, 0.3) is 22.2 Å². The van der Waals surface area contributed by atoms with E-state index in [1.807, 2.05) is 11.9 Å². The van der Waals surface area contributed by atoms with E-state index in [-0.39, 0.29) is 64.2 Å². The molecule has 2 aromatic heterocycles. The average molecular weight is 639 g/mol. The molecule has 8 nitrogen and oxygen atoms in total. The summed E-state index contributed by atoms with van der Waals surface area (Å²) < 4.78 is 86.6. The molecular formula is C30H32ClF5N6O2. The molecule has 7 rings (SSSR count). The number of ether oxygens (including phenoxy) is 2. The topological polar surface area (TPSA) is 89.6 Å². The van der Waals surface area contributed by atoms with Crippen LogP contribution in [-0.4, -0.2) is 71.0 Å². The second-order valence-electron chi connectivity index (χ2n) is 12.5. The first-order valence-electron chi connectivity index (χ1n) is 14.8. The van der Waals surface area contributed by atoms with Gasteiger partial charge in [-0.15, -0.1) is 0 Å². The zero-order chi connectivity index (χ0) is 31.1. The molecule has 236 valence electrons. The maximum atomic E-state index is 16.8. The minimum absolute atomic E-state index is 0.0246. The Morgan fingerprint density at radius 3 is 2.77 bits per heavy atom. The number of aryl methyl sites for hydroxylation is 1. The average Bonchev–Trinajstić information content (AvgIpc) is 3.63. The third-order valence-electron chi connectivity index (χ3n) is 9.82. The van der Waals surface area contributed by atoms with Crippen molar-refractivity contribution in [3.8, 4) is 23.0 Å². The molecule has 0 bridgehead atoms. The fraction of sp³-hybridized carbons (Fsp3) is 0.567. The van der Waals surface area contributed by atoms with Crippen molar-refractivity contribution in [1.29, 1.82) is 0 Å². The van der Waals surface area contributed by atoms with Gasteiger partial charge in [0, 0.05) is 32.0 Å². The minimum atomic E-state index is -4.89. The van der Waals surface area contributed by atoms with Gasteiger partial charge in [0.05, 0.1) is 39.4 Å². The molecule has 1 aliphatic carbocycles. The highest BCUT2D eigenvalue weighted by molar-refractivity contribution is 6.36. The normalized spacial score (nSPS) is 26.8. The maximum absolute atomic E-state index is 16.8. The molecule has 3 aromatic rings. The van der Waals surface area contributed by atoms with Crippen LogP contribution in [0.2, 0.25) is 5.02 Å². The number of pyridine rings is 1. The van der Waals surface area contributed by atoms with E-state index < -0.39 is 40.5 Å². The predicted octanol–water partition coefficient (Wildman–Crippen LogP) is 6.35. The Bertz CT molecular complexity index is 1660. The SMILES string of the molecule is Cc1cc(N)nc(-c2c(Cl)c3c4c(nc(OC[C@@]56CCCN5C[C@H](F)C6)nc4c2F)N(C)C2CCCC2CO3)c1C(F)(F)F. The number of anilines is 2. The highest BCUT2D eigenvalue weighted by atomic mass is 35.5. The lowest BCUT2D eigenvalue weighted by atomic mass is 9.95. The summed E-state index contributed by atoms with van der Waals surface area (Å²) in [5.74, 6) is -1.00. The van der Waals surface area contributed by atoms with Gasteiger partial charge in [-0.2, -0.15) is 23.1 Å². The van der Waals surface area contributed by atoms with Gasteiger partial charge in [0.1, 0.15) is 29.9 Å². The third-order valence-corrected chi connectivity index (χ3v) is 10.2. The number of rotatable bonds is 4. The smallest absolute Gasteiger partial charge is 0.418 e. The van der Waals surface area contributed by atoms with Crippen LogP contribution in [0.3, 0.4) is 0 Å². The van der Waals surface area contributed by atoms with Gasteiger partial charge in [-0.05, 0) is 50.8 Å².